The molecule has 0 fully saturated rings. The number of nitriles is 1. The number of hydrogen-bond acceptors (Lipinski definition) is 4. The monoisotopic (exact) mass is 1040 g/mol. The summed E-state index contributed by atoms with van der Waals surface area (Å²) in [7, 11) is 0. The molecule has 0 radical (unpaired) electrons. The Kier molecular flexibility index (Phi) is 12.4. The van der Waals surface area contributed by atoms with Gasteiger partial charge in [-0.05, 0) is 146 Å². The summed E-state index contributed by atoms with van der Waals surface area (Å²) in [5.41, 5.74) is 18.0. The maximum atomic E-state index is 10.1. The van der Waals surface area contributed by atoms with E-state index >= 15 is 0 Å². The summed E-state index contributed by atoms with van der Waals surface area (Å²) in [5.74, 6) is 1.80. The third-order valence-electron chi connectivity index (χ3n) is 16.0. The van der Waals surface area contributed by atoms with E-state index in [-0.39, 0.29) is 21.7 Å². The van der Waals surface area contributed by atoms with Crippen molar-refractivity contribution in [1.29, 1.82) is 5.26 Å². The Morgan fingerprint density at radius 1 is 0.312 bits per heavy atom. The fourth-order valence-corrected chi connectivity index (χ4v) is 11.4. The van der Waals surface area contributed by atoms with E-state index < -0.39 is 0 Å². The van der Waals surface area contributed by atoms with Gasteiger partial charge in [0.25, 0.3) is 0 Å². The molecule has 0 amide bonds. The lowest BCUT2D eigenvalue weighted by Gasteiger charge is -2.26. The predicted octanol–water partition coefficient (Wildman–Crippen LogP) is 19.5. The zero-order chi connectivity index (χ0) is 56.0. The van der Waals surface area contributed by atoms with E-state index in [1.807, 2.05) is 18.2 Å². The van der Waals surface area contributed by atoms with Crippen LogP contribution in [0.4, 0.5) is 0 Å². The molecule has 3 heterocycles. The molecule has 0 aliphatic carbocycles. The number of nitrogens with zero attached hydrogens (tertiary/aromatic N) is 6. The standard InChI is InChI=1S/C74H68N6/c1-71(2,3)52-37-50(38-53(43-52)72(4,5)6)68-76-69(51-39-54(73(7,8)9)44-55(40-51)74(10,11)12)78-70(77-68)61-42-49(33-35-67(61)80-64-30-19-15-26-58(64)59-27-16-20-31-65(59)80)60-41-48(47-23-21-22-46(36-47)45-75)32-34-66(60)79-62-28-17-13-24-56(62)57-25-14-18-29-63(57)79/h13-44H,1-12H3. The van der Waals surface area contributed by atoms with Crippen LogP contribution in [0, 0.1) is 11.3 Å². The molecule has 0 saturated carbocycles. The highest BCUT2D eigenvalue weighted by Gasteiger charge is 2.27. The Balaban J connectivity index is 1.22. The smallest absolute Gasteiger partial charge is 0.166 e. The maximum Gasteiger partial charge on any atom is 0.166 e. The van der Waals surface area contributed by atoms with Crippen molar-refractivity contribution in [2.75, 3.05) is 0 Å². The van der Waals surface area contributed by atoms with Crippen molar-refractivity contribution in [3.63, 3.8) is 0 Å². The molecule has 12 aromatic rings. The van der Waals surface area contributed by atoms with Gasteiger partial charge >= 0.3 is 0 Å². The van der Waals surface area contributed by atoms with Gasteiger partial charge in [-0.15, -0.1) is 0 Å². The van der Waals surface area contributed by atoms with Gasteiger partial charge in [0.15, 0.2) is 17.5 Å². The molecule has 0 unspecified atom stereocenters. The van der Waals surface area contributed by atoms with Crippen molar-refractivity contribution in [1.82, 2.24) is 24.1 Å². The first-order chi connectivity index (χ1) is 38.1. The lowest BCUT2D eigenvalue weighted by atomic mass is 9.79. The predicted molar refractivity (Wildman–Crippen MR) is 335 cm³/mol. The van der Waals surface area contributed by atoms with E-state index in [0.29, 0.717) is 23.0 Å². The lowest BCUT2D eigenvalue weighted by Crippen LogP contribution is -2.17. The van der Waals surface area contributed by atoms with Crippen LogP contribution in [-0.4, -0.2) is 24.1 Å². The molecule has 0 atom stereocenters. The van der Waals surface area contributed by atoms with Gasteiger partial charge in [-0.2, -0.15) is 5.26 Å². The topological polar surface area (TPSA) is 72.3 Å². The number of hydrogen-bond donors (Lipinski definition) is 0. The van der Waals surface area contributed by atoms with Crippen LogP contribution in [0.2, 0.25) is 0 Å². The second kappa shape index (κ2) is 19.2. The SMILES string of the molecule is CC(C)(C)c1cc(-c2nc(-c3cc(C(C)(C)C)cc(C(C)(C)C)c3)nc(-c3cc(-c4cc(-c5cccc(C#N)c5)ccc4-n4c5ccccc5c5ccccc54)ccc3-n3c4ccccc4c4ccccc43)n2)cc(C(C)(C)C)c1. The Morgan fingerprint density at radius 2 is 0.662 bits per heavy atom. The molecular weight excluding hydrogens is 973 g/mol. The molecule has 9 aromatic carbocycles. The van der Waals surface area contributed by atoms with Gasteiger partial charge in [-0.1, -0.05) is 192 Å². The third kappa shape index (κ3) is 9.35. The highest BCUT2D eigenvalue weighted by atomic mass is 15.1. The minimum absolute atomic E-state index is 0.145. The van der Waals surface area contributed by atoms with Crippen molar-refractivity contribution < 1.29 is 0 Å². The number of aromatic nitrogens is 5. The zero-order valence-corrected chi connectivity index (χ0v) is 48.2. The van der Waals surface area contributed by atoms with E-state index in [9.17, 15) is 5.26 Å². The molecule has 6 nitrogen and oxygen atoms in total. The van der Waals surface area contributed by atoms with E-state index in [1.165, 1.54) is 43.8 Å². The summed E-state index contributed by atoms with van der Waals surface area (Å²) in [6.07, 6.45) is 0. The van der Waals surface area contributed by atoms with Gasteiger partial charge in [-0.25, -0.2) is 15.0 Å². The Bertz CT molecular complexity index is 4210. The second-order valence-electron chi connectivity index (χ2n) is 25.8. The molecule has 3 aromatic heterocycles. The molecule has 0 N–H and O–H groups in total. The molecule has 0 bridgehead atoms. The number of benzene rings is 9. The molecule has 0 aliphatic rings. The van der Waals surface area contributed by atoms with Crippen LogP contribution in [0.5, 0.6) is 0 Å². The van der Waals surface area contributed by atoms with E-state index in [0.717, 1.165) is 72.4 Å². The maximum absolute atomic E-state index is 10.1. The van der Waals surface area contributed by atoms with Crippen molar-refractivity contribution >= 4 is 43.6 Å². The fraction of sp³-hybridized carbons (Fsp3) is 0.216. The van der Waals surface area contributed by atoms with Crippen LogP contribution < -0.4 is 0 Å². The molecule has 6 heteroatoms. The van der Waals surface area contributed by atoms with Crippen LogP contribution in [0.3, 0.4) is 0 Å². The van der Waals surface area contributed by atoms with E-state index in [1.54, 1.807) is 0 Å². The lowest BCUT2D eigenvalue weighted by molar-refractivity contribution is 0.568. The first kappa shape index (κ1) is 51.8. The van der Waals surface area contributed by atoms with Gasteiger partial charge in [0, 0.05) is 43.8 Å². The molecule has 0 aliphatic heterocycles. The van der Waals surface area contributed by atoms with Crippen LogP contribution in [-0.2, 0) is 21.7 Å². The minimum atomic E-state index is -0.145. The Morgan fingerprint density at radius 3 is 1.06 bits per heavy atom. The molecular formula is C74H68N6. The minimum Gasteiger partial charge on any atom is -0.309 e. The van der Waals surface area contributed by atoms with E-state index in [4.69, 9.17) is 15.0 Å². The molecule has 0 saturated heterocycles. The summed E-state index contributed by atoms with van der Waals surface area (Å²) in [6.45, 7) is 27.3. The molecule has 80 heavy (non-hydrogen) atoms. The van der Waals surface area contributed by atoms with Gasteiger partial charge in [0.2, 0.25) is 0 Å². The summed E-state index contributed by atoms with van der Waals surface area (Å²) in [6, 6.07) is 72.4. The molecule has 12 rings (SSSR count). The molecule has 394 valence electrons. The summed E-state index contributed by atoms with van der Waals surface area (Å²) in [5, 5.41) is 14.8. The van der Waals surface area contributed by atoms with Crippen molar-refractivity contribution in [3.05, 3.63) is 222 Å². The molecule has 0 spiro atoms. The van der Waals surface area contributed by atoms with Crippen LogP contribution >= 0.6 is 0 Å². The van der Waals surface area contributed by atoms with Crippen molar-refractivity contribution in [3.8, 4) is 73.9 Å². The number of para-hydroxylation sites is 4. The van der Waals surface area contributed by atoms with Crippen LogP contribution in [0.15, 0.2) is 194 Å². The quantitative estimate of drug-likeness (QED) is 0.159. The second-order valence-corrected chi connectivity index (χ2v) is 25.8. The summed E-state index contributed by atoms with van der Waals surface area (Å²) < 4.78 is 4.79. The normalized spacial score (nSPS) is 12.5. The average molecular weight is 1040 g/mol. The van der Waals surface area contributed by atoms with Crippen LogP contribution in [0.1, 0.15) is 111 Å². The van der Waals surface area contributed by atoms with Crippen LogP contribution in [0.25, 0.3) is 111 Å². The van der Waals surface area contributed by atoms with Gasteiger partial charge < -0.3 is 9.13 Å². The number of fused-ring (bicyclic) bond motifs is 6. The first-order valence-electron chi connectivity index (χ1n) is 28.0. The highest BCUT2D eigenvalue weighted by Crippen LogP contribution is 2.44. The van der Waals surface area contributed by atoms with Gasteiger partial charge in [0.1, 0.15) is 0 Å². The fourth-order valence-electron chi connectivity index (χ4n) is 11.4. The summed E-state index contributed by atoms with van der Waals surface area (Å²) in [4.78, 5) is 17.0. The largest absolute Gasteiger partial charge is 0.309 e. The van der Waals surface area contributed by atoms with Gasteiger partial charge in [0.05, 0.1) is 45.1 Å². The van der Waals surface area contributed by atoms with E-state index in [2.05, 4.69) is 274 Å². The Labute approximate surface area is 471 Å². The summed E-state index contributed by atoms with van der Waals surface area (Å²) >= 11 is 0. The first-order valence-corrected chi connectivity index (χ1v) is 28.0. The Hall–Kier alpha value is -8.92. The highest BCUT2D eigenvalue weighted by molar-refractivity contribution is 6.11. The van der Waals surface area contributed by atoms with Crippen molar-refractivity contribution in [2.45, 2.75) is 105 Å². The zero-order valence-electron chi connectivity index (χ0n) is 48.2. The average Bonchev–Trinajstić information content (AvgIpc) is 4.08. The van der Waals surface area contributed by atoms with Crippen molar-refractivity contribution in [2.24, 2.45) is 0 Å². The van der Waals surface area contributed by atoms with Gasteiger partial charge in [-0.3, -0.25) is 0 Å². The third-order valence-corrected chi connectivity index (χ3v) is 16.0. The number of rotatable bonds is 7.